The Kier molecular flexibility index (Phi) is 8.66. The van der Waals surface area contributed by atoms with Gasteiger partial charge in [-0.2, -0.15) is 0 Å². The summed E-state index contributed by atoms with van der Waals surface area (Å²) in [5.41, 5.74) is 1.64. The molecule has 0 fully saturated rings. The van der Waals surface area contributed by atoms with Crippen LogP contribution in [-0.2, 0) is 11.2 Å². The van der Waals surface area contributed by atoms with E-state index in [9.17, 15) is 9.90 Å². The molecule has 1 atom stereocenters. The molecule has 2 aromatic carbocycles. The Morgan fingerprint density at radius 2 is 1.71 bits per heavy atom. The predicted octanol–water partition coefficient (Wildman–Crippen LogP) is 5.07. The maximum absolute atomic E-state index is 11.9. The largest absolute Gasteiger partial charge is 0.497 e. The summed E-state index contributed by atoms with van der Waals surface area (Å²) in [4.78, 5) is 11.9. The number of methoxy groups -OCH3 is 2. The van der Waals surface area contributed by atoms with Crippen molar-refractivity contribution in [2.45, 2.75) is 44.9 Å². The lowest BCUT2D eigenvalue weighted by molar-refractivity contribution is -0.138. The minimum Gasteiger partial charge on any atom is -0.497 e. The monoisotopic (exact) mass is 386 g/mol. The predicted molar refractivity (Wildman–Crippen MR) is 110 cm³/mol. The van der Waals surface area contributed by atoms with Crippen LogP contribution in [0.25, 0.3) is 0 Å². The highest BCUT2D eigenvalue weighted by molar-refractivity contribution is 5.76. The van der Waals surface area contributed by atoms with Crippen molar-refractivity contribution in [2.75, 3.05) is 20.8 Å². The van der Waals surface area contributed by atoms with E-state index >= 15 is 0 Å². The minimum atomic E-state index is -0.858. The van der Waals surface area contributed by atoms with Crippen LogP contribution in [0.1, 0.15) is 49.7 Å². The summed E-state index contributed by atoms with van der Waals surface area (Å²) in [7, 11) is 3.20. The van der Waals surface area contributed by atoms with E-state index in [0.717, 1.165) is 24.0 Å². The van der Waals surface area contributed by atoms with E-state index in [1.165, 1.54) is 12.8 Å². The third kappa shape index (κ3) is 6.19. The van der Waals surface area contributed by atoms with Crippen molar-refractivity contribution in [2.24, 2.45) is 0 Å². The molecule has 0 amide bonds. The molecule has 0 bridgehead atoms. The molecule has 0 aliphatic rings. The van der Waals surface area contributed by atoms with Gasteiger partial charge in [0, 0.05) is 0 Å². The normalized spacial score (nSPS) is 11.7. The summed E-state index contributed by atoms with van der Waals surface area (Å²) >= 11 is 0. The van der Waals surface area contributed by atoms with Crippen LogP contribution in [0.15, 0.2) is 42.5 Å². The van der Waals surface area contributed by atoms with Crippen LogP contribution >= 0.6 is 0 Å². The van der Waals surface area contributed by atoms with Gasteiger partial charge in [0.15, 0.2) is 11.5 Å². The number of benzene rings is 2. The average molecular weight is 386 g/mol. The van der Waals surface area contributed by atoms with Crippen LogP contribution in [0.4, 0.5) is 0 Å². The van der Waals surface area contributed by atoms with E-state index in [2.05, 4.69) is 6.92 Å². The Morgan fingerprint density at radius 3 is 2.32 bits per heavy atom. The van der Waals surface area contributed by atoms with Crippen LogP contribution in [0.3, 0.4) is 0 Å². The zero-order valence-corrected chi connectivity index (χ0v) is 16.9. The molecule has 0 aromatic heterocycles. The molecule has 2 rings (SSSR count). The van der Waals surface area contributed by atoms with Crippen molar-refractivity contribution in [3.63, 3.8) is 0 Å². The molecule has 0 aliphatic carbocycles. The van der Waals surface area contributed by atoms with Crippen molar-refractivity contribution in [1.82, 2.24) is 0 Å². The van der Waals surface area contributed by atoms with E-state index in [4.69, 9.17) is 14.2 Å². The molecule has 2 aromatic rings. The van der Waals surface area contributed by atoms with Crippen LogP contribution in [-0.4, -0.2) is 31.9 Å². The molecule has 1 N–H and O–H groups in total. The van der Waals surface area contributed by atoms with Crippen molar-refractivity contribution in [1.29, 1.82) is 0 Å². The molecule has 5 heteroatoms. The second-order valence-corrected chi connectivity index (χ2v) is 6.76. The number of carboxylic acid groups (broad SMARTS) is 1. The average Bonchev–Trinajstić information content (AvgIpc) is 2.72. The molecule has 0 spiro atoms. The van der Waals surface area contributed by atoms with Crippen LogP contribution in [0.5, 0.6) is 17.2 Å². The SMILES string of the molecule is CCCCCCOc1cc(CC(C(=O)O)c2ccc(OC)cc2)ccc1OC. The summed E-state index contributed by atoms with van der Waals surface area (Å²) in [6.45, 7) is 2.80. The number of carboxylic acids is 1. The summed E-state index contributed by atoms with van der Waals surface area (Å²) < 4.78 is 16.4. The molecular formula is C23H30O5. The number of hydrogen-bond donors (Lipinski definition) is 1. The second-order valence-electron chi connectivity index (χ2n) is 6.76. The first-order valence-corrected chi connectivity index (χ1v) is 9.75. The first kappa shape index (κ1) is 21.6. The van der Waals surface area contributed by atoms with Crippen molar-refractivity contribution < 1.29 is 24.1 Å². The highest BCUT2D eigenvalue weighted by atomic mass is 16.5. The van der Waals surface area contributed by atoms with Gasteiger partial charge in [-0.1, -0.05) is 44.4 Å². The van der Waals surface area contributed by atoms with Crippen LogP contribution in [0, 0.1) is 0 Å². The van der Waals surface area contributed by atoms with Gasteiger partial charge in [0.05, 0.1) is 26.7 Å². The standard InChI is InChI=1S/C23H30O5/c1-4-5-6-7-14-28-22-16-17(8-13-21(22)27-3)15-20(23(24)25)18-9-11-19(26-2)12-10-18/h8-13,16,20H,4-7,14-15H2,1-3H3,(H,24,25). The Balaban J connectivity index is 2.13. The Morgan fingerprint density at radius 1 is 0.964 bits per heavy atom. The van der Waals surface area contributed by atoms with E-state index in [-0.39, 0.29) is 0 Å². The fraction of sp³-hybridized carbons (Fsp3) is 0.435. The lowest BCUT2D eigenvalue weighted by atomic mass is 9.92. The highest BCUT2D eigenvalue weighted by Crippen LogP contribution is 2.31. The number of unbranched alkanes of at least 4 members (excludes halogenated alkanes) is 3. The third-order valence-corrected chi connectivity index (χ3v) is 4.74. The first-order chi connectivity index (χ1) is 13.6. The van der Waals surface area contributed by atoms with Crippen LogP contribution < -0.4 is 14.2 Å². The number of carbonyl (C=O) groups is 1. The van der Waals surface area contributed by atoms with Gasteiger partial charge < -0.3 is 19.3 Å². The quantitative estimate of drug-likeness (QED) is 0.516. The van der Waals surface area contributed by atoms with E-state index in [0.29, 0.717) is 30.3 Å². The maximum Gasteiger partial charge on any atom is 0.311 e. The smallest absolute Gasteiger partial charge is 0.311 e. The maximum atomic E-state index is 11.9. The van der Waals surface area contributed by atoms with Gasteiger partial charge in [0.2, 0.25) is 0 Å². The van der Waals surface area contributed by atoms with Gasteiger partial charge in [0.1, 0.15) is 5.75 Å². The first-order valence-electron chi connectivity index (χ1n) is 9.75. The summed E-state index contributed by atoms with van der Waals surface area (Å²) in [5, 5.41) is 9.72. The second kappa shape index (κ2) is 11.2. The highest BCUT2D eigenvalue weighted by Gasteiger charge is 2.21. The minimum absolute atomic E-state index is 0.373. The molecule has 0 radical (unpaired) electrons. The zero-order valence-electron chi connectivity index (χ0n) is 16.9. The fourth-order valence-corrected chi connectivity index (χ4v) is 3.09. The Hall–Kier alpha value is -2.69. The topological polar surface area (TPSA) is 65.0 Å². The van der Waals surface area contributed by atoms with Crippen LogP contribution in [0.2, 0.25) is 0 Å². The number of hydrogen-bond acceptors (Lipinski definition) is 4. The zero-order chi connectivity index (χ0) is 20.4. The lowest BCUT2D eigenvalue weighted by Crippen LogP contribution is -2.14. The van der Waals surface area contributed by atoms with Gasteiger partial charge >= 0.3 is 5.97 Å². The Bertz CT molecular complexity index is 739. The molecular weight excluding hydrogens is 356 g/mol. The van der Waals surface area contributed by atoms with Gasteiger partial charge in [0.25, 0.3) is 0 Å². The van der Waals surface area contributed by atoms with Crippen molar-refractivity contribution in [3.05, 3.63) is 53.6 Å². The number of rotatable bonds is 12. The summed E-state index contributed by atoms with van der Waals surface area (Å²) in [5.74, 6) is 0.529. The van der Waals surface area contributed by atoms with E-state index in [1.807, 2.05) is 18.2 Å². The number of aliphatic carboxylic acids is 1. The van der Waals surface area contributed by atoms with Crippen molar-refractivity contribution in [3.8, 4) is 17.2 Å². The fourth-order valence-electron chi connectivity index (χ4n) is 3.09. The van der Waals surface area contributed by atoms with E-state index in [1.54, 1.807) is 38.5 Å². The summed E-state index contributed by atoms with van der Waals surface area (Å²) in [6.07, 6.45) is 4.88. The van der Waals surface area contributed by atoms with Gasteiger partial charge in [-0.05, 0) is 48.2 Å². The molecule has 1 unspecified atom stereocenters. The van der Waals surface area contributed by atoms with Gasteiger partial charge in [-0.3, -0.25) is 4.79 Å². The summed E-state index contributed by atoms with van der Waals surface area (Å²) in [6, 6.07) is 12.8. The number of ether oxygens (including phenoxy) is 3. The molecule has 0 heterocycles. The molecule has 0 saturated carbocycles. The third-order valence-electron chi connectivity index (χ3n) is 4.74. The molecule has 5 nitrogen and oxygen atoms in total. The molecule has 152 valence electrons. The van der Waals surface area contributed by atoms with Crippen molar-refractivity contribution >= 4 is 5.97 Å². The molecule has 28 heavy (non-hydrogen) atoms. The van der Waals surface area contributed by atoms with E-state index < -0.39 is 11.9 Å². The van der Waals surface area contributed by atoms with Gasteiger partial charge in [-0.15, -0.1) is 0 Å². The van der Waals surface area contributed by atoms with Gasteiger partial charge in [-0.25, -0.2) is 0 Å². The lowest BCUT2D eigenvalue weighted by Gasteiger charge is -2.16. The molecule has 0 aliphatic heterocycles. The Labute approximate surface area is 167 Å². The molecule has 0 saturated heterocycles.